The smallest absolute Gasteiger partial charge is 0.0352 e. The van der Waals surface area contributed by atoms with Crippen LogP contribution in [-0.2, 0) is 0 Å². The van der Waals surface area contributed by atoms with Gasteiger partial charge in [0.15, 0.2) is 0 Å². The highest BCUT2D eigenvalue weighted by Crippen LogP contribution is 2.59. The van der Waals surface area contributed by atoms with Crippen LogP contribution in [0.5, 0.6) is 0 Å². The molecule has 0 saturated heterocycles. The van der Waals surface area contributed by atoms with E-state index in [9.17, 15) is 0 Å². The first-order valence-corrected chi connectivity index (χ1v) is 51.2. The quantitative estimate of drug-likeness (QED) is 0.212. The van der Waals surface area contributed by atoms with Gasteiger partial charge in [-0.25, -0.2) is 0 Å². The maximum Gasteiger partial charge on any atom is -0.0352 e. The summed E-state index contributed by atoms with van der Waals surface area (Å²) in [6, 6.07) is 0. The Hall–Kier alpha value is 0. The van der Waals surface area contributed by atoms with Gasteiger partial charge in [0.1, 0.15) is 0 Å². The van der Waals surface area contributed by atoms with Crippen LogP contribution in [-0.4, -0.2) is 0 Å². The molecule has 0 heteroatoms. The molecule has 0 nitrogen and oxygen atoms in total. The Kier molecular flexibility index (Phi) is 44.7. The highest BCUT2D eigenvalue weighted by Gasteiger charge is 2.49. The van der Waals surface area contributed by atoms with E-state index in [-0.39, 0.29) is 0 Å². The summed E-state index contributed by atoms with van der Waals surface area (Å²) in [5.74, 6) is 21.0. The van der Waals surface area contributed by atoms with Crippen LogP contribution >= 0.6 is 0 Å². The maximum absolute atomic E-state index is 1.62. The largest absolute Gasteiger partial charge is 0.0533 e. The third-order valence-corrected chi connectivity index (χ3v) is 33.4. The van der Waals surface area contributed by atoms with Gasteiger partial charge in [-0.2, -0.15) is 0 Å². The third kappa shape index (κ3) is 34.1. The van der Waals surface area contributed by atoms with Crippen LogP contribution in [0.4, 0.5) is 0 Å². The Morgan fingerprint density at radius 1 is 0.0777 bits per heavy atom. The average molecular weight is 1430 g/mol. The molecule has 10 unspecified atom stereocenters. The molecule has 0 N–H and O–H groups in total. The Morgan fingerprint density at radius 3 is 0.417 bits per heavy atom. The summed E-state index contributed by atoms with van der Waals surface area (Å²) < 4.78 is 0. The van der Waals surface area contributed by atoms with Gasteiger partial charge in [-0.1, -0.05) is 437 Å². The van der Waals surface area contributed by atoms with Crippen molar-refractivity contribution < 1.29 is 0 Å². The second kappa shape index (κ2) is 53.9. The summed E-state index contributed by atoms with van der Waals surface area (Å²) in [7, 11) is 0. The lowest BCUT2D eigenvalue weighted by atomic mass is 9.54. The molecule has 0 heterocycles. The second-order valence-corrected chi connectivity index (χ2v) is 41.5. The highest BCUT2D eigenvalue weighted by atomic mass is 14.5. The summed E-state index contributed by atoms with van der Waals surface area (Å²) in [5.41, 5.74) is 0. The van der Waals surface area contributed by atoms with Crippen LogP contribution in [0.3, 0.4) is 0 Å². The Morgan fingerprint density at radius 2 is 0.223 bits per heavy atom. The summed E-state index contributed by atoms with van der Waals surface area (Å²) in [4.78, 5) is 0. The SMILES string of the molecule is C1C2CC3CC1CC(C2)C3.C1CC1.C1CC2CCC1C2.C1CCC1.C1CCC2C(C1)CCC1C3CCCC3CCC21.C1CCC2C(C1)CCC1CCCCC12.C1CCC2CCCCC2C1.C1CCCC1.C1CCCCC1.C1CCCCCC1.C1CCCCCCC1.C1CCCCCCCCCCC1. The van der Waals surface area contributed by atoms with E-state index in [0.717, 1.165) is 35.5 Å². The van der Waals surface area contributed by atoms with E-state index in [1.807, 2.05) is 0 Å². The first-order chi connectivity index (χ1) is 51.2. The first-order valence-electron chi connectivity index (χ1n) is 51.2. The van der Waals surface area contributed by atoms with Crippen LogP contribution in [0.2, 0.25) is 0 Å². The van der Waals surface area contributed by atoms with Crippen LogP contribution in [0.15, 0.2) is 0 Å². The molecular weight excluding hydrogens is 1240 g/mol. The molecule has 22 fully saturated rings. The molecule has 22 aliphatic rings. The predicted octanol–water partition coefficient (Wildman–Crippen LogP) is 35.4. The fourth-order valence-electron chi connectivity index (χ4n) is 27.2. The van der Waals surface area contributed by atoms with Crippen molar-refractivity contribution in [3.8, 4) is 0 Å². The van der Waals surface area contributed by atoms with Crippen molar-refractivity contribution in [1.82, 2.24) is 0 Å². The van der Waals surface area contributed by atoms with Crippen molar-refractivity contribution in [3.63, 3.8) is 0 Å². The van der Waals surface area contributed by atoms with Crippen LogP contribution in [0.1, 0.15) is 546 Å². The van der Waals surface area contributed by atoms with E-state index in [1.54, 1.807) is 231 Å². The van der Waals surface area contributed by atoms with E-state index in [4.69, 9.17) is 0 Å². The van der Waals surface area contributed by atoms with Crippen LogP contribution < -0.4 is 0 Å². The van der Waals surface area contributed by atoms with Crippen LogP contribution in [0.25, 0.3) is 0 Å². The molecule has 22 rings (SSSR count). The van der Waals surface area contributed by atoms with E-state index in [2.05, 4.69) is 0 Å². The van der Waals surface area contributed by atoms with Gasteiger partial charge in [-0.3, -0.25) is 0 Å². The lowest BCUT2D eigenvalue weighted by Crippen LogP contribution is -2.43. The molecule has 0 aliphatic heterocycles. The summed E-state index contributed by atoms with van der Waals surface area (Å²) >= 11 is 0. The molecular formula is C103H188. The molecule has 10 atom stereocenters. The Balaban J connectivity index is 0.000000124. The van der Waals surface area contributed by atoms with E-state index in [1.165, 1.54) is 386 Å². The molecule has 6 bridgehead atoms. The molecule has 0 aromatic heterocycles. The van der Waals surface area contributed by atoms with Gasteiger partial charge in [0.2, 0.25) is 0 Å². The molecule has 22 saturated carbocycles. The van der Waals surface area contributed by atoms with E-state index in [0.29, 0.717) is 0 Å². The van der Waals surface area contributed by atoms with Crippen molar-refractivity contribution in [2.75, 3.05) is 0 Å². The van der Waals surface area contributed by atoms with Gasteiger partial charge in [0, 0.05) is 0 Å². The molecule has 0 aromatic carbocycles. The molecule has 0 aromatic rings. The zero-order valence-electron chi connectivity index (χ0n) is 70.5. The van der Waals surface area contributed by atoms with Crippen molar-refractivity contribution in [3.05, 3.63) is 0 Å². The molecule has 600 valence electrons. The zero-order valence-corrected chi connectivity index (χ0v) is 70.5. The van der Waals surface area contributed by atoms with Crippen LogP contribution in [0, 0.1) is 107 Å². The van der Waals surface area contributed by atoms with Gasteiger partial charge in [0.05, 0.1) is 0 Å². The minimum Gasteiger partial charge on any atom is -0.0533 e. The number of rotatable bonds is 0. The summed E-state index contributed by atoms with van der Waals surface area (Å²) in [5, 5.41) is 0. The second-order valence-electron chi connectivity index (χ2n) is 41.5. The molecule has 22 aliphatic carbocycles. The van der Waals surface area contributed by atoms with Crippen molar-refractivity contribution in [2.45, 2.75) is 546 Å². The van der Waals surface area contributed by atoms with Crippen molar-refractivity contribution in [1.29, 1.82) is 0 Å². The van der Waals surface area contributed by atoms with Crippen molar-refractivity contribution >= 4 is 0 Å². The minimum atomic E-state index is 1.16. The van der Waals surface area contributed by atoms with E-state index >= 15 is 0 Å². The van der Waals surface area contributed by atoms with Gasteiger partial charge in [0.25, 0.3) is 0 Å². The van der Waals surface area contributed by atoms with Gasteiger partial charge in [-0.15, -0.1) is 0 Å². The maximum atomic E-state index is 1.62. The van der Waals surface area contributed by atoms with E-state index < -0.39 is 0 Å². The minimum absolute atomic E-state index is 1.16. The first kappa shape index (κ1) is 85.4. The van der Waals surface area contributed by atoms with Gasteiger partial charge in [-0.05, 0) is 216 Å². The number of hydrogen-bond donors (Lipinski definition) is 0. The Bertz CT molecular complexity index is 1730. The highest BCUT2D eigenvalue weighted by molar-refractivity contribution is 4.99. The van der Waals surface area contributed by atoms with Gasteiger partial charge >= 0.3 is 0 Å². The topological polar surface area (TPSA) is 0 Å². The normalized spacial score (nSPS) is 38.7. The van der Waals surface area contributed by atoms with Gasteiger partial charge < -0.3 is 0 Å². The number of hydrogen-bond acceptors (Lipinski definition) is 0. The average Bonchev–Trinajstić information content (AvgIpc) is 1.76. The zero-order chi connectivity index (χ0) is 70.5. The lowest BCUT2D eigenvalue weighted by molar-refractivity contribution is -0.0184. The summed E-state index contributed by atoms with van der Waals surface area (Å²) in [6.45, 7) is 0. The molecule has 0 amide bonds. The fourth-order valence-corrected chi connectivity index (χ4v) is 27.2. The summed E-state index contributed by atoms with van der Waals surface area (Å²) in [6.07, 6.45) is 130. The lowest BCUT2D eigenvalue weighted by Gasteiger charge is -2.51. The molecule has 103 heavy (non-hydrogen) atoms. The third-order valence-electron chi connectivity index (χ3n) is 33.4. The number of fused-ring (bicyclic) bond motifs is 11. The predicted molar refractivity (Wildman–Crippen MR) is 455 cm³/mol. The van der Waals surface area contributed by atoms with Crippen molar-refractivity contribution in [2.24, 2.45) is 107 Å². The Labute approximate surface area is 648 Å². The fraction of sp³-hybridized carbons (Fsp3) is 1.00. The molecule has 0 radical (unpaired) electrons. The molecule has 0 spiro atoms. The standard InChI is InChI=1S/C17H28.C14H24.C12H24.C10H16.C10H18.C8H16.C7H12.C7H14.C6H12.C5H10.C4H8.C3H6/c1-2-6-14-12(4-1)8-10-17-15-7-3-5-13(15)9-11-16(14)17;1-3-7-13-11(5-1)9-10-12-6-2-4-8-14(12)13;1-2-4-6-8-10-12-11-9-7-5-3-1;1-7-2-9-4-8(1)5-10(3-7)6-9;1-2-6-10-8-4-3-7-9(10)5-1;1-2-4-6-8-7-5-3-1;1-2-7-4-3-6(1)5-7;1-2-4-6-7-5-3-1;1-2-4-6-5-3-1;1-2-4-5-3-1;1-2-4-3-1;1-2-3-1/h12-17H,1-11H2;11-14H,1-10H2;1-12H2;7-10H,1-6H2;9-10H,1-8H2;1-8H2;6-7H,1-5H2;1-7H2;1-6H2;1-5H2;1-4H2;1-3H2. The monoisotopic (exact) mass is 1430 g/mol.